The smallest absolute Gasteiger partial charge is 0.0263 e. The Bertz CT molecular complexity index is 122. The van der Waals surface area contributed by atoms with Crippen molar-refractivity contribution in [3.05, 3.63) is 0 Å². The Balaban J connectivity index is 2.23. The molecule has 0 amide bonds. The molecule has 0 spiro atoms. The van der Waals surface area contributed by atoms with Crippen molar-refractivity contribution in [3.63, 3.8) is 0 Å². The van der Waals surface area contributed by atoms with E-state index in [0.717, 1.165) is 8.75 Å². The predicted octanol–water partition coefficient (Wildman–Crippen LogP) is 5.47. The summed E-state index contributed by atoms with van der Waals surface area (Å²) in [5, 5.41) is 0. The van der Waals surface area contributed by atoms with E-state index in [-0.39, 0.29) is 0 Å². The normalized spacial score (nSPS) is 33.0. The van der Waals surface area contributed by atoms with Gasteiger partial charge >= 0.3 is 0 Å². The highest BCUT2D eigenvalue weighted by atomic mass is 127. The first kappa shape index (κ1) is 13.3. The van der Waals surface area contributed by atoms with Gasteiger partial charge in [0.1, 0.15) is 0 Å². The fraction of sp³-hybridized carbons (Fsp3) is 1.00. The van der Waals surface area contributed by atoms with Crippen molar-refractivity contribution in [3.8, 4) is 0 Å². The summed E-state index contributed by atoms with van der Waals surface area (Å²) < 4.78 is 0.854. The molecule has 14 heavy (non-hydrogen) atoms. The summed E-state index contributed by atoms with van der Waals surface area (Å²) in [5.74, 6) is 0. The molecular weight excluding hydrogens is 351 g/mol. The zero-order valence-corrected chi connectivity index (χ0v) is 12.7. The second-order valence-electron chi connectivity index (χ2n) is 4.44. The standard InChI is InChI=1S/C12H22BrI/c13-11-9-7-5-3-1-2-4-6-8-10-12(11)14/h11-12H,1-10H2. The molecule has 0 saturated heterocycles. The van der Waals surface area contributed by atoms with Gasteiger partial charge in [0.2, 0.25) is 0 Å². The maximum atomic E-state index is 3.84. The molecule has 84 valence electrons. The maximum absolute atomic E-state index is 3.84. The molecule has 0 aromatic carbocycles. The lowest BCUT2D eigenvalue weighted by atomic mass is 10.0. The van der Waals surface area contributed by atoms with Gasteiger partial charge in [-0.25, -0.2) is 0 Å². The van der Waals surface area contributed by atoms with Crippen LogP contribution in [0.4, 0.5) is 0 Å². The van der Waals surface area contributed by atoms with Crippen molar-refractivity contribution in [2.24, 2.45) is 0 Å². The Morgan fingerprint density at radius 2 is 1.14 bits per heavy atom. The number of hydrogen-bond donors (Lipinski definition) is 0. The van der Waals surface area contributed by atoms with E-state index in [0.29, 0.717) is 0 Å². The summed E-state index contributed by atoms with van der Waals surface area (Å²) >= 11 is 6.47. The summed E-state index contributed by atoms with van der Waals surface area (Å²) in [7, 11) is 0. The van der Waals surface area contributed by atoms with Gasteiger partial charge in [0.05, 0.1) is 0 Å². The van der Waals surface area contributed by atoms with Gasteiger partial charge in [0.25, 0.3) is 0 Å². The fourth-order valence-electron chi connectivity index (χ4n) is 2.10. The first-order valence-electron chi connectivity index (χ1n) is 6.09. The van der Waals surface area contributed by atoms with E-state index in [1.807, 2.05) is 0 Å². The fourth-order valence-corrected chi connectivity index (χ4v) is 3.49. The van der Waals surface area contributed by atoms with Gasteiger partial charge in [-0.3, -0.25) is 0 Å². The minimum absolute atomic E-state index is 0.766. The Hall–Kier alpha value is 1.21. The molecule has 1 aliphatic rings. The minimum Gasteiger partial charge on any atom is -0.0879 e. The van der Waals surface area contributed by atoms with E-state index in [2.05, 4.69) is 38.5 Å². The third-order valence-electron chi connectivity index (χ3n) is 3.10. The number of alkyl halides is 2. The van der Waals surface area contributed by atoms with Crippen LogP contribution in [0.15, 0.2) is 0 Å². The predicted molar refractivity (Wildman–Crippen MR) is 76.7 cm³/mol. The van der Waals surface area contributed by atoms with Crippen molar-refractivity contribution < 1.29 is 0 Å². The van der Waals surface area contributed by atoms with Crippen molar-refractivity contribution in [1.29, 1.82) is 0 Å². The molecule has 0 bridgehead atoms. The van der Waals surface area contributed by atoms with E-state index >= 15 is 0 Å². The monoisotopic (exact) mass is 372 g/mol. The van der Waals surface area contributed by atoms with Gasteiger partial charge in [0.15, 0.2) is 0 Å². The summed E-state index contributed by atoms with van der Waals surface area (Å²) in [5.41, 5.74) is 0. The Morgan fingerprint density at radius 1 is 0.714 bits per heavy atom. The molecule has 0 aliphatic heterocycles. The molecule has 1 fully saturated rings. The highest BCUT2D eigenvalue weighted by molar-refractivity contribution is 14.1. The van der Waals surface area contributed by atoms with Crippen LogP contribution in [-0.4, -0.2) is 8.75 Å². The molecule has 2 unspecified atom stereocenters. The number of hydrogen-bond acceptors (Lipinski definition) is 0. The summed E-state index contributed by atoms with van der Waals surface area (Å²) in [6.07, 6.45) is 14.5. The van der Waals surface area contributed by atoms with Crippen LogP contribution in [0, 0.1) is 0 Å². The lowest BCUT2D eigenvalue weighted by molar-refractivity contribution is 0.522. The Morgan fingerprint density at radius 3 is 1.71 bits per heavy atom. The van der Waals surface area contributed by atoms with Crippen molar-refractivity contribution in [2.75, 3.05) is 0 Å². The molecule has 1 saturated carbocycles. The van der Waals surface area contributed by atoms with Crippen molar-refractivity contribution in [2.45, 2.75) is 73.0 Å². The molecule has 0 nitrogen and oxygen atoms in total. The van der Waals surface area contributed by atoms with Crippen LogP contribution >= 0.6 is 38.5 Å². The number of halogens is 2. The quantitative estimate of drug-likeness (QED) is 0.390. The molecule has 0 aromatic rings. The average Bonchev–Trinajstić information content (AvgIpc) is 2.18. The van der Waals surface area contributed by atoms with Gasteiger partial charge in [-0.2, -0.15) is 0 Å². The van der Waals surface area contributed by atoms with E-state index in [9.17, 15) is 0 Å². The largest absolute Gasteiger partial charge is 0.0879 e. The first-order chi connectivity index (χ1) is 6.80. The third kappa shape index (κ3) is 5.94. The Kier molecular flexibility index (Phi) is 7.94. The highest BCUT2D eigenvalue weighted by Crippen LogP contribution is 2.26. The maximum Gasteiger partial charge on any atom is 0.0263 e. The summed E-state index contributed by atoms with van der Waals surface area (Å²) in [6, 6.07) is 0. The molecule has 1 rings (SSSR count). The van der Waals surface area contributed by atoms with E-state index in [1.54, 1.807) is 0 Å². The van der Waals surface area contributed by atoms with Crippen LogP contribution in [0.3, 0.4) is 0 Å². The van der Waals surface area contributed by atoms with Crippen LogP contribution in [0.5, 0.6) is 0 Å². The van der Waals surface area contributed by atoms with Crippen LogP contribution in [0.1, 0.15) is 64.2 Å². The van der Waals surface area contributed by atoms with Gasteiger partial charge < -0.3 is 0 Å². The molecule has 0 N–H and O–H groups in total. The molecule has 1 aliphatic carbocycles. The van der Waals surface area contributed by atoms with Crippen LogP contribution in [-0.2, 0) is 0 Å². The second kappa shape index (κ2) is 8.37. The van der Waals surface area contributed by atoms with E-state index < -0.39 is 0 Å². The minimum atomic E-state index is 0.766. The molecule has 2 heteroatoms. The van der Waals surface area contributed by atoms with Crippen LogP contribution in [0.2, 0.25) is 0 Å². The number of rotatable bonds is 0. The van der Waals surface area contributed by atoms with Crippen molar-refractivity contribution >= 4 is 38.5 Å². The first-order valence-corrected chi connectivity index (χ1v) is 8.25. The molecule has 0 heterocycles. The molecule has 2 atom stereocenters. The topological polar surface area (TPSA) is 0 Å². The average molecular weight is 373 g/mol. The lowest BCUT2D eigenvalue weighted by Gasteiger charge is -2.17. The third-order valence-corrected chi connectivity index (χ3v) is 6.68. The van der Waals surface area contributed by atoms with Gasteiger partial charge in [-0.1, -0.05) is 89.9 Å². The zero-order chi connectivity index (χ0) is 10.2. The molecule has 0 radical (unpaired) electrons. The van der Waals surface area contributed by atoms with Crippen LogP contribution in [0.25, 0.3) is 0 Å². The van der Waals surface area contributed by atoms with Gasteiger partial charge in [-0.15, -0.1) is 0 Å². The SMILES string of the molecule is BrC1CCCCCCCCCCC1I. The summed E-state index contributed by atoms with van der Waals surface area (Å²) in [4.78, 5) is 0.766. The second-order valence-corrected chi connectivity index (χ2v) is 7.21. The van der Waals surface area contributed by atoms with Gasteiger partial charge in [0, 0.05) is 8.75 Å². The molecule has 0 aromatic heterocycles. The lowest BCUT2D eigenvalue weighted by Crippen LogP contribution is -2.13. The Labute approximate surface area is 111 Å². The van der Waals surface area contributed by atoms with Crippen LogP contribution < -0.4 is 0 Å². The molecular formula is C12H22BrI. The zero-order valence-electron chi connectivity index (χ0n) is 8.98. The van der Waals surface area contributed by atoms with Gasteiger partial charge in [-0.05, 0) is 12.8 Å². The van der Waals surface area contributed by atoms with Crippen molar-refractivity contribution in [1.82, 2.24) is 0 Å². The van der Waals surface area contributed by atoms with E-state index in [1.165, 1.54) is 64.2 Å². The summed E-state index contributed by atoms with van der Waals surface area (Å²) in [6.45, 7) is 0. The van der Waals surface area contributed by atoms with E-state index in [4.69, 9.17) is 0 Å². The highest BCUT2D eigenvalue weighted by Gasteiger charge is 2.14.